The number of hydrogen-bond donors (Lipinski definition) is 1. The lowest BCUT2D eigenvalue weighted by molar-refractivity contribution is -0.113. The Kier molecular flexibility index (Phi) is 6.44. The maximum atomic E-state index is 12.6. The predicted octanol–water partition coefficient (Wildman–Crippen LogP) is 6.06. The van der Waals surface area contributed by atoms with Crippen molar-refractivity contribution < 1.29 is 4.79 Å². The first kappa shape index (κ1) is 20.9. The summed E-state index contributed by atoms with van der Waals surface area (Å²) in [5, 5.41) is 13.3. The largest absolute Gasteiger partial charge is 0.325 e. The van der Waals surface area contributed by atoms with Crippen LogP contribution in [0.1, 0.15) is 42.9 Å². The van der Waals surface area contributed by atoms with Gasteiger partial charge < -0.3 is 5.32 Å². The molecule has 156 valence electrons. The van der Waals surface area contributed by atoms with Crippen molar-refractivity contribution in [2.24, 2.45) is 0 Å². The van der Waals surface area contributed by atoms with E-state index in [4.69, 9.17) is 11.6 Å². The van der Waals surface area contributed by atoms with Crippen LogP contribution >= 0.6 is 23.4 Å². The van der Waals surface area contributed by atoms with Crippen molar-refractivity contribution in [3.8, 4) is 11.4 Å². The van der Waals surface area contributed by atoms with Gasteiger partial charge in [-0.05, 0) is 50.5 Å². The van der Waals surface area contributed by atoms with Gasteiger partial charge in [-0.2, -0.15) is 0 Å². The molecule has 1 aliphatic carbocycles. The highest BCUT2D eigenvalue weighted by atomic mass is 35.5. The number of nitrogens with zero attached hydrogens (tertiary/aromatic N) is 3. The monoisotopic (exact) mass is 440 g/mol. The zero-order valence-electron chi connectivity index (χ0n) is 17.2. The van der Waals surface area contributed by atoms with Gasteiger partial charge in [0.2, 0.25) is 5.91 Å². The molecule has 1 amide bonds. The summed E-state index contributed by atoms with van der Waals surface area (Å²) in [6.45, 7) is 4.04. The van der Waals surface area contributed by atoms with Crippen LogP contribution in [0.4, 0.5) is 5.69 Å². The molecule has 1 aromatic heterocycles. The van der Waals surface area contributed by atoms with Crippen molar-refractivity contribution in [1.82, 2.24) is 14.8 Å². The van der Waals surface area contributed by atoms with Gasteiger partial charge in [-0.25, -0.2) is 0 Å². The Morgan fingerprint density at radius 2 is 1.93 bits per heavy atom. The smallest absolute Gasteiger partial charge is 0.234 e. The summed E-state index contributed by atoms with van der Waals surface area (Å²) in [6, 6.07) is 14.1. The molecule has 0 bridgehead atoms. The van der Waals surface area contributed by atoms with Crippen LogP contribution in [-0.4, -0.2) is 26.4 Å². The third kappa shape index (κ3) is 4.55. The number of hydrogen-bond acceptors (Lipinski definition) is 4. The lowest BCUT2D eigenvalue weighted by Gasteiger charge is -2.17. The van der Waals surface area contributed by atoms with Gasteiger partial charge in [0.05, 0.1) is 10.8 Å². The number of anilines is 1. The SMILES string of the molecule is Cc1ccc(NC(=O)CSc2nnc(-c3ccccc3Cl)n2C2CCCC2)c(C)c1. The third-order valence-electron chi connectivity index (χ3n) is 5.46. The minimum absolute atomic E-state index is 0.0489. The average Bonchev–Trinajstić information content (AvgIpc) is 3.38. The molecular formula is C23H25ClN4OS. The van der Waals surface area contributed by atoms with Crippen LogP contribution in [0.2, 0.25) is 5.02 Å². The Morgan fingerprint density at radius 3 is 2.67 bits per heavy atom. The van der Waals surface area contributed by atoms with Gasteiger partial charge >= 0.3 is 0 Å². The number of amides is 1. The number of nitrogens with one attached hydrogen (secondary N) is 1. The summed E-state index contributed by atoms with van der Waals surface area (Å²) >= 11 is 7.86. The van der Waals surface area contributed by atoms with Crippen LogP contribution < -0.4 is 5.32 Å². The van der Waals surface area contributed by atoms with E-state index in [0.717, 1.165) is 40.6 Å². The standard InChI is InChI=1S/C23H25ClN4OS/c1-15-11-12-20(16(2)13-15)25-21(29)14-30-23-27-26-22(18-9-5-6-10-19(18)24)28(23)17-7-3-4-8-17/h5-6,9-13,17H,3-4,7-8,14H2,1-2H3,(H,25,29). The molecule has 30 heavy (non-hydrogen) atoms. The highest BCUT2D eigenvalue weighted by Crippen LogP contribution is 2.38. The summed E-state index contributed by atoms with van der Waals surface area (Å²) in [6.07, 6.45) is 4.58. The fourth-order valence-corrected chi connectivity index (χ4v) is 4.99. The van der Waals surface area contributed by atoms with Gasteiger partial charge in [0.15, 0.2) is 11.0 Å². The van der Waals surface area contributed by atoms with E-state index >= 15 is 0 Å². The van der Waals surface area contributed by atoms with E-state index < -0.39 is 0 Å². The number of rotatable bonds is 6. The number of carbonyl (C=O) groups is 1. The molecule has 1 N–H and O–H groups in total. The second-order valence-electron chi connectivity index (χ2n) is 7.75. The van der Waals surface area contributed by atoms with E-state index in [-0.39, 0.29) is 11.7 Å². The minimum Gasteiger partial charge on any atom is -0.325 e. The van der Waals surface area contributed by atoms with Crippen LogP contribution in [0.15, 0.2) is 47.6 Å². The van der Waals surface area contributed by atoms with Crippen molar-refractivity contribution in [3.63, 3.8) is 0 Å². The molecule has 0 spiro atoms. The number of carbonyl (C=O) groups excluding carboxylic acids is 1. The molecule has 0 radical (unpaired) electrons. The lowest BCUT2D eigenvalue weighted by Crippen LogP contribution is -2.16. The predicted molar refractivity (Wildman–Crippen MR) is 123 cm³/mol. The van der Waals surface area contributed by atoms with Crippen LogP contribution in [0.3, 0.4) is 0 Å². The van der Waals surface area contributed by atoms with Crippen molar-refractivity contribution >= 4 is 35.0 Å². The van der Waals surface area contributed by atoms with Crippen molar-refractivity contribution in [2.45, 2.75) is 50.7 Å². The summed E-state index contributed by atoms with van der Waals surface area (Å²) in [7, 11) is 0. The second-order valence-corrected chi connectivity index (χ2v) is 9.10. The van der Waals surface area contributed by atoms with Crippen molar-refractivity contribution in [1.29, 1.82) is 0 Å². The molecule has 5 nitrogen and oxygen atoms in total. The molecule has 1 aliphatic rings. The zero-order valence-corrected chi connectivity index (χ0v) is 18.8. The number of thioether (sulfide) groups is 1. The molecule has 3 aromatic rings. The first-order valence-corrected chi connectivity index (χ1v) is 11.6. The Hall–Kier alpha value is -2.31. The van der Waals surface area contributed by atoms with Crippen LogP contribution in [0, 0.1) is 13.8 Å². The van der Waals surface area contributed by atoms with E-state index in [0.29, 0.717) is 11.1 Å². The highest BCUT2D eigenvalue weighted by Gasteiger charge is 2.26. The van der Waals surface area contributed by atoms with Crippen LogP contribution in [-0.2, 0) is 4.79 Å². The van der Waals surface area contributed by atoms with Crippen molar-refractivity contribution in [2.75, 3.05) is 11.1 Å². The molecule has 4 rings (SSSR count). The van der Waals surface area contributed by atoms with E-state index in [2.05, 4.69) is 26.1 Å². The topological polar surface area (TPSA) is 59.8 Å². The van der Waals surface area contributed by atoms with Gasteiger partial charge in [0.25, 0.3) is 0 Å². The average molecular weight is 441 g/mol. The molecule has 1 heterocycles. The molecule has 0 saturated heterocycles. The number of halogens is 1. The maximum absolute atomic E-state index is 12.6. The van der Waals surface area contributed by atoms with Gasteiger partial charge in [-0.3, -0.25) is 9.36 Å². The molecule has 0 aliphatic heterocycles. The molecule has 7 heteroatoms. The van der Waals surface area contributed by atoms with Crippen LogP contribution in [0.25, 0.3) is 11.4 Å². The molecule has 0 atom stereocenters. The fraction of sp³-hybridized carbons (Fsp3) is 0.348. The lowest BCUT2D eigenvalue weighted by atomic mass is 10.1. The summed E-state index contributed by atoms with van der Waals surface area (Å²) < 4.78 is 2.18. The van der Waals surface area contributed by atoms with Gasteiger partial charge in [-0.15, -0.1) is 10.2 Å². The number of benzene rings is 2. The third-order valence-corrected chi connectivity index (χ3v) is 6.73. The quantitative estimate of drug-likeness (QED) is 0.473. The molecule has 0 unspecified atom stereocenters. The number of aromatic nitrogens is 3. The highest BCUT2D eigenvalue weighted by molar-refractivity contribution is 7.99. The van der Waals surface area contributed by atoms with Gasteiger partial charge in [0, 0.05) is 17.3 Å². The summed E-state index contributed by atoms with van der Waals surface area (Å²) in [5.74, 6) is 1.01. The van der Waals surface area contributed by atoms with Gasteiger partial charge in [0.1, 0.15) is 0 Å². The summed E-state index contributed by atoms with van der Waals surface area (Å²) in [4.78, 5) is 12.6. The van der Waals surface area contributed by atoms with Gasteiger partial charge in [-0.1, -0.05) is 66.0 Å². The Bertz CT molecular complexity index is 1060. The normalized spacial score (nSPS) is 14.2. The Labute approximate surface area is 186 Å². The van der Waals surface area contributed by atoms with E-state index in [9.17, 15) is 4.79 Å². The van der Waals surface area contributed by atoms with E-state index in [1.54, 1.807) is 0 Å². The zero-order chi connectivity index (χ0) is 21.1. The number of aryl methyl sites for hydroxylation is 2. The summed E-state index contributed by atoms with van der Waals surface area (Å²) in [5.41, 5.74) is 3.96. The first-order chi connectivity index (χ1) is 14.5. The second kappa shape index (κ2) is 9.23. The minimum atomic E-state index is -0.0489. The maximum Gasteiger partial charge on any atom is 0.234 e. The molecule has 1 fully saturated rings. The fourth-order valence-electron chi connectivity index (χ4n) is 3.96. The molecule has 2 aromatic carbocycles. The van der Waals surface area contributed by atoms with E-state index in [1.807, 2.05) is 50.2 Å². The Morgan fingerprint density at radius 1 is 1.17 bits per heavy atom. The van der Waals surface area contributed by atoms with Crippen molar-refractivity contribution in [3.05, 3.63) is 58.6 Å². The van der Waals surface area contributed by atoms with Crippen LogP contribution in [0.5, 0.6) is 0 Å². The first-order valence-electron chi connectivity index (χ1n) is 10.2. The van der Waals surface area contributed by atoms with E-state index in [1.165, 1.54) is 30.2 Å². The Balaban J connectivity index is 1.54. The molecular weight excluding hydrogens is 416 g/mol. The molecule has 1 saturated carbocycles.